The highest BCUT2D eigenvalue weighted by atomic mass is 79.9. The number of rotatable bonds is 11. The molecule has 0 aromatic heterocycles. The van der Waals surface area contributed by atoms with E-state index < -0.39 is 0 Å². The molecule has 0 aliphatic rings. The summed E-state index contributed by atoms with van der Waals surface area (Å²) in [4.78, 5) is 0. The monoisotopic (exact) mass is 358 g/mol. The highest BCUT2D eigenvalue weighted by Gasteiger charge is 2.08. The van der Waals surface area contributed by atoms with Gasteiger partial charge in [-0.3, -0.25) is 0 Å². The molecule has 20 heavy (non-hydrogen) atoms. The molecule has 0 fully saturated rings. The number of hydrogen-bond acceptors (Lipinski definition) is 0. The highest BCUT2D eigenvalue weighted by molar-refractivity contribution is 9.09. The third-order valence-electron chi connectivity index (χ3n) is 3.87. The summed E-state index contributed by atoms with van der Waals surface area (Å²) in [6, 6.07) is 8.30. The van der Waals surface area contributed by atoms with Gasteiger partial charge in [0.1, 0.15) is 0 Å². The zero-order valence-electron chi connectivity index (χ0n) is 12.7. The van der Waals surface area contributed by atoms with Gasteiger partial charge in [0, 0.05) is 10.4 Å². The van der Waals surface area contributed by atoms with E-state index >= 15 is 0 Å². The lowest BCUT2D eigenvalue weighted by Gasteiger charge is -2.14. The van der Waals surface area contributed by atoms with Gasteiger partial charge in [-0.05, 0) is 36.5 Å². The molecule has 0 aliphatic heterocycles. The fraction of sp³-hybridized carbons (Fsp3) is 0.667. The Balaban J connectivity index is 2.14. The normalized spacial score (nSPS) is 12.6. The van der Waals surface area contributed by atoms with Gasteiger partial charge in [0.2, 0.25) is 0 Å². The van der Waals surface area contributed by atoms with E-state index in [9.17, 15) is 0 Å². The van der Waals surface area contributed by atoms with Crippen LogP contribution in [0.4, 0.5) is 0 Å². The van der Waals surface area contributed by atoms with Crippen molar-refractivity contribution in [2.45, 2.75) is 64.7 Å². The van der Waals surface area contributed by atoms with Gasteiger partial charge < -0.3 is 0 Å². The van der Waals surface area contributed by atoms with Crippen LogP contribution >= 0.6 is 27.5 Å². The molecule has 1 aromatic rings. The van der Waals surface area contributed by atoms with Crippen LogP contribution in [-0.2, 0) is 6.42 Å². The molecular formula is C18H28BrCl. The van der Waals surface area contributed by atoms with Crippen LogP contribution in [0.15, 0.2) is 24.3 Å². The van der Waals surface area contributed by atoms with Crippen LogP contribution < -0.4 is 0 Å². The van der Waals surface area contributed by atoms with E-state index in [1.165, 1.54) is 56.9 Å². The fourth-order valence-corrected chi connectivity index (χ4v) is 3.26. The van der Waals surface area contributed by atoms with Crippen molar-refractivity contribution in [2.24, 2.45) is 5.92 Å². The van der Waals surface area contributed by atoms with Gasteiger partial charge in [-0.25, -0.2) is 0 Å². The third kappa shape index (κ3) is 8.32. The number of alkyl halides is 1. The van der Waals surface area contributed by atoms with Crippen molar-refractivity contribution in [3.63, 3.8) is 0 Å². The van der Waals surface area contributed by atoms with Crippen LogP contribution in [0.5, 0.6) is 0 Å². The molecule has 0 saturated heterocycles. The molecule has 1 rings (SSSR count). The Morgan fingerprint density at radius 1 is 0.950 bits per heavy atom. The summed E-state index contributed by atoms with van der Waals surface area (Å²) in [7, 11) is 0. The summed E-state index contributed by atoms with van der Waals surface area (Å²) >= 11 is 9.59. The van der Waals surface area contributed by atoms with Crippen molar-refractivity contribution in [2.75, 3.05) is 5.33 Å². The Labute approximate surface area is 138 Å². The summed E-state index contributed by atoms with van der Waals surface area (Å²) in [5.74, 6) is 0.756. The molecule has 0 N–H and O–H groups in total. The third-order valence-corrected chi connectivity index (χ3v) is 5.04. The number of halogens is 2. The summed E-state index contributed by atoms with van der Waals surface area (Å²) in [5, 5.41) is 1.93. The second kappa shape index (κ2) is 11.6. The Hall–Kier alpha value is -0.0100. The first kappa shape index (κ1) is 18.0. The van der Waals surface area contributed by atoms with Crippen LogP contribution in [0.25, 0.3) is 0 Å². The minimum absolute atomic E-state index is 0.756. The molecule has 1 unspecified atom stereocenters. The van der Waals surface area contributed by atoms with Gasteiger partial charge in [-0.15, -0.1) is 0 Å². The predicted octanol–water partition coefficient (Wildman–Crippen LogP) is 7.03. The van der Waals surface area contributed by atoms with Crippen LogP contribution in [0.1, 0.15) is 63.9 Å². The first-order chi connectivity index (χ1) is 9.76. The van der Waals surface area contributed by atoms with Gasteiger partial charge in [0.05, 0.1) is 0 Å². The lowest BCUT2D eigenvalue weighted by Crippen LogP contribution is -2.06. The zero-order valence-corrected chi connectivity index (χ0v) is 15.1. The molecule has 0 aliphatic carbocycles. The Morgan fingerprint density at radius 3 is 2.15 bits per heavy atom. The maximum absolute atomic E-state index is 5.93. The minimum Gasteiger partial charge on any atom is -0.0925 e. The van der Waals surface area contributed by atoms with Crippen molar-refractivity contribution >= 4 is 27.5 Å². The zero-order chi connectivity index (χ0) is 14.6. The lowest BCUT2D eigenvalue weighted by molar-refractivity contribution is 0.487. The Kier molecular flexibility index (Phi) is 10.5. The molecule has 0 nitrogen and oxygen atoms in total. The molecule has 0 heterocycles. The molecule has 0 saturated carbocycles. The second-order valence-corrected chi connectivity index (χ2v) is 6.84. The minimum atomic E-state index is 0.756. The first-order valence-electron chi connectivity index (χ1n) is 8.06. The summed E-state index contributed by atoms with van der Waals surface area (Å²) in [6.45, 7) is 2.28. The van der Waals surface area contributed by atoms with Crippen molar-refractivity contribution in [3.05, 3.63) is 34.9 Å². The second-order valence-electron chi connectivity index (χ2n) is 5.76. The average molecular weight is 360 g/mol. The van der Waals surface area contributed by atoms with Crippen LogP contribution in [0.2, 0.25) is 5.02 Å². The lowest BCUT2D eigenvalue weighted by atomic mass is 9.95. The molecule has 0 amide bonds. The average Bonchev–Trinajstić information content (AvgIpc) is 2.47. The van der Waals surface area contributed by atoms with Crippen molar-refractivity contribution in [1.82, 2.24) is 0 Å². The van der Waals surface area contributed by atoms with Crippen molar-refractivity contribution < 1.29 is 0 Å². The fourth-order valence-electron chi connectivity index (χ4n) is 2.58. The SMILES string of the molecule is CCCCCCCCCC(CBr)Cc1ccc(Cl)cc1. The molecule has 114 valence electrons. The molecule has 1 atom stereocenters. The van der Waals surface area contributed by atoms with E-state index in [1.54, 1.807) is 0 Å². The van der Waals surface area contributed by atoms with Gasteiger partial charge >= 0.3 is 0 Å². The maximum Gasteiger partial charge on any atom is 0.0406 e. The predicted molar refractivity (Wildman–Crippen MR) is 95.1 cm³/mol. The Bertz CT molecular complexity index is 334. The molecule has 2 heteroatoms. The molecule has 0 bridgehead atoms. The Morgan fingerprint density at radius 2 is 1.55 bits per heavy atom. The number of hydrogen-bond donors (Lipinski definition) is 0. The van der Waals surface area contributed by atoms with Crippen LogP contribution in [0, 0.1) is 5.92 Å². The van der Waals surface area contributed by atoms with E-state index in [4.69, 9.17) is 11.6 Å². The first-order valence-corrected chi connectivity index (χ1v) is 9.56. The standard InChI is InChI=1S/C18H28BrCl/c1-2-3-4-5-6-7-8-9-17(15-19)14-16-10-12-18(20)13-11-16/h10-13,17H,2-9,14-15H2,1H3. The maximum atomic E-state index is 5.93. The molecule has 0 radical (unpaired) electrons. The highest BCUT2D eigenvalue weighted by Crippen LogP contribution is 2.20. The van der Waals surface area contributed by atoms with E-state index in [1.807, 2.05) is 12.1 Å². The number of benzene rings is 1. The van der Waals surface area contributed by atoms with E-state index in [-0.39, 0.29) is 0 Å². The summed E-state index contributed by atoms with van der Waals surface area (Å²) < 4.78 is 0. The van der Waals surface area contributed by atoms with Gasteiger partial charge in [0.15, 0.2) is 0 Å². The molecular weight excluding hydrogens is 332 g/mol. The number of unbranched alkanes of at least 4 members (excludes halogenated alkanes) is 6. The van der Waals surface area contributed by atoms with Crippen LogP contribution in [0.3, 0.4) is 0 Å². The molecule has 0 spiro atoms. The summed E-state index contributed by atoms with van der Waals surface area (Å²) in [5.41, 5.74) is 1.40. The smallest absolute Gasteiger partial charge is 0.0406 e. The summed E-state index contributed by atoms with van der Waals surface area (Å²) in [6.07, 6.45) is 12.3. The van der Waals surface area contributed by atoms with Crippen molar-refractivity contribution in [1.29, 1.82) is 0 Å². The topological polar surface area (TPSA) is 0 Å². The van der Waals surface area contributed by atoms with Crippen molar-refractivity contribution in [3.8, 4) is 0 Å². The largest absolute Gasteiger partial charge is 0.0925 e. The van der Waals surface area contributed by atoms with Gasteiger partial charge in [-0.1, -0.05) is 91.5 Å². The van der Waals surface area contributed by atoms with Gasteiger partial charge in [-0.2, -0.15) is 0 Å². The van der Waals surface area contributed by atoms with E-state index in [0.717, 1.165) is 22.7 Å². The quantitative estimate of drug-likeness (QED) is 0.294. The van der Waals surface area contributed by atoms with Gasteiger partial charge in [0.25, 0.3) is 0 Å². The molecule has 1 aromatic carbocycles. The van der Waals surface area contributed by atoms with E-state index in [0.29, 0.717) is 0 Å². The van der Waals surface area contributed by atoms with Crippen LogP contribution in [-0.4, -0.2) is 5.33 Å². The van der Waals surface area contributed by atoms with E-state index in [2.05, 4.69) is 35.0 Å².